The largest absolute Gasteiger partial charge is 0.491 e. The van der Waals surface area contributed by atoms with Gasteiger partial charge in [-0.05, 0) is 24.1 Å². The van der Waals surface area contributed by atoms with Crippen molar-refractivity contribution in [2.24, 2.45) is 5.73 Å². The van der Waals surface area contributed by atoms with Crippen molar-refractivity contribution in [1.82, 2.24) is 0 Å². The van der Waals surface area contributed by atoms with Gasteiger partial charge in [0.1, 0.15) is 12.4 Å². The summed E-state index contributed by atoms with van der Waals surface area (Å²) in [6.07, 6.45) is 0.134. The fourth-order valence-corrected chi connectivity index (χ4v) is 2.72. The smallest absolute Gasteiger partial charge is 0.119 e. The molecule has 3 atom stereocenters. The Labute approximate surface area is 117 Å². The molecule has 4 nitrogen and oxygen atoms in total. The van der Waals surface area contributed by atoms with Crippen LogP contribution in [0.4, 0.5) is 0 Å². The number of hydrogen-bond acceptors (Lipinski definition) is 4. The van der Waals surface area contributed by atoms with Crippen LogP contribution >= 0.6 is 0 Å². The first kappa shape index (κ1) is 16.1. The molecule has 1 aromatic rings. The maximum Gasteiger partial charge on any atom is 0.119 e. The van der Waals surface area contributed by atoms with Gasteiger partial charge in [0.25, 0.3) is 0 Å². The molecule has 0 radical (unpaired) electrons. The third-order valence-corrected chi connectivity index (χ3v) is 4.90. The lowest BCUT2D eigenvalue weighted by Gasteiger charge is -2.15. The maximum atomic E-state index is 11.8. The molecule has 0 aromatic heterocycles. The van der Waals surface area contributed by atoms with Gasteiger partial charge in [-0.3, -0.25) is 4.21 Å². The van der Waals surface area contributed by atoms with Crippen LogP contribution in [0.3, 0.4) is 0 Å². The summed E-state index contributed by atoms with van der Waals surface area (Å²) in [6, 6.07) is 7.44. The molecular formula is C14H23NO3S. The Hall–Kier alpha value is -0.910. The number of hydrogen-bond donors (Lipinski definition) is 2. The van der Waals surface area contributed by atoms with Crippen LogP contribution in [-0.4, -0.2) is 33.0 Å². The molecule has 0 aliphatic heterocycles. The molecule has 0 aliphatic rings. The standard InChI is InChI=1S/C14H23NO3S/c1-3-11(2)19(17)10-13(16)9-18-14-6-4-5-12(7-14)8-15/h4-7,11,13,16H,3,8-10,15H2,1-2H3. The second-order valence-corrected chi connectivity index (χ2v) is 6.48. The normalized spacial score (nSPS) is 15.8. The van der Waals surface area contributed by atoms with Crippen molar-refractivity contribution in [2.45, 2.75) is 38.2 Å². The van der Waals surface area contributed by atoms with E-state index < -0.39 is 16.9 Å². The van der Waals surface area contributed by atoms with Crippen LogP contribution in [0.15, 0.2) is 24.3 Å². The molecule has 0 saturated heterocycles. The Morgan fingerprint density at radius 3 is 2.84 bits per heavy atom. The van der Waals surface area contributed by atoms with Crippen LogP contribution in [0, 0.1) is 0 Å². The van der Waals surface area contributed by atoms with Crippen molar-refractivity contribution in [3.63, 3.8) is 0 Å². The second kappa shape index (κ2) is 8.30. The van der Waals surface area contributed by atoms with Crippen LogP contribution in [0.1, 0.15) is 25.8 Å². The topological polar surface area (TPSA) is 72.5 Å². The molecule has 0 fully saturated rings. The number of rotatable bonds is 8. The summed E-state index contributed by atoms with van der Waals surface area (Å²) in [5, 5.41) is 9.92. The molecule has 0 saturated carbocycles. The molecule has 5 heteroatoms. The van der Waals surface area contributed by atoms with E-state index in [0.29, 0.717) is 12.3 Å². The monoisotopic (exact) mass is 285 g/mol. The van der Waals surface area contributed by atoms with Crippen LogP contribution < -0.4 is 10.5 Å². The minimum absolute atomic E-state index is 0.107. The van der Waals surface area contributed by atoms with E-state index in [-0.39, 0.29) is 17.6 Å². The van der Waals surface area contributed by atoms with Crippen molar-refractivity contribution >= 4 is 10.8 Å². The van der Waals surface area contributed by atoms with E-state index in [0.717, 1.165) is 12.0 Å². The molecule has 3 N–H and O–H groups in total. The highest BCUT2D eigenvalue weighted by Crippen LogP contribution is 2.13. The van der Waals surface area contributed by atoms with Crippen LogP contribution in [-0.2, 0) is 17.3 Å². The highest BCUT2D eigenvalue weighted by molar-refractivity contribution is 7.85. The number of nitrogens with two attached hydrogens (primary N) is 1. The van der Waals surface area contributed by atoms with Crippen molar-refractivity contribution in [2.75, 3.05) is 12.4 Å². The van der Waals surface area contributed by atoms with Crippen molar-refractivity contribution < 1.29 is 14.1 Å². The molecule has 1 aromatic carbocycles. The van der Waals surface area contributed by atoms with Crippen LogP contribution in [0.2, 0.25) is 0 Å². The molecule has 0 aliphatic carbocycles. The van der Waals surface area contributed by atoms with Gasteiger partial charge < -0.3 is 15.6 Å². The minimum atomic E-state index is -1.01. The summed E-state index contributed by atoms with van der Waals surface area (Å²) in [4.78, 5) is 0. The van der Waals surface area contributed by atoms with Gasteiger partial charge in [0.2, 0.25) is 0 Å². The van der Waals surface area contributed by atoms with Crippen molar-refractivity contribution in [1.29, 1.82) is 0 Å². The van der Waals surface area contributed by atoms with E-state index in [1.165, 1.54) is 0 Å². The van der Waals surface area contributed by atoms with Gasteiger partial charge >= 0.3 is 0 Å². The number of benzene rings is 1. The van der Waals surface area contributed by atoms with Gasteiger partial charge in [0.15, 0.2) is 0 Å². The predicted molar refractivity (Wildman–Crippen MR) is 78.6 cm³/mol. The Bertz CT molecular complexity index is 411. The van der Waals surface area contributed by atoms with Crippen LogP contribution in [0.5, 0.6) is 5.75 Å². The maximum absolute atomic E-state index is 11.8. The van der Waals surface area contributed by atoms with E-state index in [2.05, 4.69) is 0 Å². The minimum Gasteiger partial charge on any atom is -0.491 e. The third-order valence-electron chi connectivity index (χ3n) is 2.96. The summed E-state index contributed by atoms with van der Waals surface area (Å²) in [6.45, 7) is 4.52. The lowest BCUT2D eigenvalue weighted by Crippen LogP contribution is -2.28. The average molecular weight is 285 g/mol. The first-order chi connectivity index (χ1) is 9.06. The first-order valence-electron chi connectivity index (χ1n) is 6.53. The molecule has 0 heterocycles. The number of aliphatic hydroxyl groups is 1. The fourth-order valence-electron chi connectivity index (χ4n) is 1.54. The van der Waals surface area contributed by atoms with Gasteiger partial charge in [-0.1, -0.05) is 26.0 Å². The predicted octanol–water partition coefficient (Wildman–Crippen LogP) is 1.43. The van der Waals surface area contributed by atoms with E-state index in [9.17, 15) is 9.32 Å². The van der Waals surface area contributed by atoms with Gasteiger partial charge in [-0.15, -0.1) is 0 Å². The second-order valence-electron chi connectivity index (χ2n) is 4.58. The fraction of sp³-hybridized carbons (Fsp3) is 0.571. The van der Waals surface area contributed by atoms with E-state index >= 15 is 0 Å². The lowest BCUT2D eigenvalue weighted by molar-refractivity contribution is 0.125. The quantitative estimate of drug-likeness (QED) is 0.758. The molecule has 0 bridgehead atoms. The van der Waals surface area contributed by atoms with E-state index in [1.54, 1.807) is 0 Å². The number of ether oxygens (including phenoxy) is 1. The molecule has 3 unspecified atom stereocenters. The average Bonchev–Trinajstić information content (AvgIpc) is 2.44. The van der Waals surface area contributed by atoms with Crippen LogP contribution in [0.25, 0.3) is 0 Å². The summed E-state index contributed by atoms with van der Waals surface area (Å²) < 4.78 is 17.3. The molecule has 0 amide bonds. The SMILES string of the molecule is CCC(C)S(=O)CC(O)COc1cccc(CN)c1. The first-order valence-corrected chi connectivity index (χ1v) is 7.92. The van der Waals surface area contributed by atoms with Gasteiger partial charge in [-0.2, -0.15) is 0 Å². The summed E-state index contributed by atoms with van der Waals surface area (Å²) in [7, 11) is -1.01. The third kappa shape index (κ3) is 5.72. The van der Waals surface area contributed by atoms with E-state index in [1.807, 2.05) is 38.1 Å². The molecular weight excluding hydrogens is 262 g/mol. The molecule has 0 spiro atoms. The Morgan fingerprint density at radius 1 is 1.47 bits per heavy atom. The summed E-state index contributed by atoms with van der Waals surface area (Å²) >= 11 is 0. The molecule has 19 heavy (non-hydrogen) atoms. The Morgan fingerprint density at radius 2 is 2.21 bits per heavy atom. The highest BCUT2D eigenvalue weighted by atomic mass is 32.2. The van der Waals surface area contributed by atoms with E-state index in [4.69, 9.17) is 10.5 Å². The zero-order valence-corrected chi connectivity index (χ0v) is 12.4. The van der Waals surface area contributed by atoms with Crippen molar-refractivity contribution in [3.05, 3.63) is 29.8 Å². The summed E-state index contributed by atoms with van der Waals surface area (Å²) in [5.41, 5.74) is 6.53. The van der Waals surface area contributed by atoms with Gasteiger partial charge in [-0.25, -0.2) is 0 Å². The van der Waals surface area contributed by atoms with Crippen molar-refractivity contribution in [3.8, 4) is 5.75 Å². The van der Waals surface area contributed by atoms with Gasteiger partial charge in [0.05, 0.1) is 11.9 Å². The zero-order chi connectivity index (χ0) is 14.3. The Kier molecular flexibility index (Phi) is 7.05. The zero-order valence-electron chi connectivity index (χ0n) is 11.5. The van der Waals surface area contributed by atoms with Gasteiger partial charge in [0, 0.05) is 22.6 Å². The summed E-state index contributed by atoms with van der Waals surface area (Å²) in [5.74, 6) is 0.933. The molecule has 108 valence electrons. The lowest BCUT2D eigenvalue weighted by atomic mass is 10.2. The number of aliphatic hydroxyl groups excluding tert-OH is 1. The highest BCUT2D eigenvalue weighted by Gasteiger charge is 2.15. The Balaban J connectivity index is 2.41. The molecule has 1 rings (SSSR count).